The van der Waals surface area contributed by atoms with E-state index in [0.29, 0.717) is 0 Å². The summed E-state index contributed by atoms with van der Waals surface area (Å²) in [6.45, 7) is 2.98. The zero-order valence-corrected chi connectivity index (χ0v) is 14.2. The van der Waals surface area contributed by atoms with Gasteiger partial charge in [-0.25, -0.2) is 15.0 Å². The van der Waals surface area contributed by atoms with Gasteiger partial charge in [0.2, 0.25) is 0 Å². The molecule has 0 unspecified atom stereocenters. The van der Waals surface area contributed by atoms with Gasteiger partial charge in [0.25, 0.3) is 0 Å². The standard InChI is InChI=1S/C16H18N4S2/c1-10-8-11-15(18-9-19-16(11)21-10)17-7-6-14-20-12-4-2-3-5-13(12)22-14/h8-9H,2-7H2,1H3,(H,17,18,19). The summed E-state index contributed by atoms with van der Waals surface area (Å²) in [4.78, 5) is 17.3. The molecule has 1 N–H and O–H groups in total. The topological polar surface area (TPSA) is 50.7 Å². The van der Waals surface area contributed by atoms with E-state index < -0.39 is 0 Å². The number of thiophene rings is 1. The van der Waals surface area contributed by atoms with Gasteiger partial charge >= 0.3 is 0 Å². The lowest BCUT2D eigenvalue weighted by Crippen LogP contribution is -2.06. The smallest absolute Gasteiger partial charge is 0.138 e. The SMILES string of the molecule is Cc1cc2c(NCCc3nc4c(s3)CCCC4)ncnc2s1. The second kappa shape index (κ2) is 5.93. The molecule has 0 atom stereocenters. The van der Waals surface area contributed by atoms with E-state index in [1.54, 1.807) is 17.7 Å². The van der Waals surface area contributed by atoms with Gasteiger partial charge in [0, 0.05) is 22.7 Å². The fraction of sp³-hybridized carbons (Fsp3) is 0.438. The molecule has 3 heterocycles. The van der Waals surface area contributed by atoms with Crippen molar-refractivity contribution in [2.45, 2.75) is 39.0 Å². The van der Waals surface area contributed by atoms with Crippen LogP contribution in [0.3, 0.4) is 0 Å². The lowest BCUT2D eigenvalue weighted by Gasteiger charge is -2.06. The van der Waals surface area contributed by atoms with Crippen molar-refractivity contribution in [2.24, 2.45) is 0 Å². The maximum atomic E-state index is 4.80. The average Bonchev–Trinajstić information content (AvgIpc) is 3.09. The molecule has 3 aromatic heterocycles. The number of nitrogens with one attached hydrogen (secondary N) is 1. The van der Waals surface area contributed by atoms with Crippen molar-refractivity contribution in [1.82, 2.24) is 15.0 Å². The van der Waals surface area contributed by atoms with E-state index in [2.05, 4.69) is 28.3 Å². The number of hydrogen-bond acceptors (Lipinski definition) is 6. The van der Waals surface area contributed by atoms with Crippen molar-refractivity contribution >= 4 is 38.7 Å². The van der Waals surface area contributed by atoms with Crippen molar-refractivity contribution < 1.29 is 0 Å². The molecule has 0 saturated carbocycles. The predicted octanol–water partition coefficient (Wildman–Crippen LogP) is 3.99. The van der Waals surface area contributed by atoms with Gasteiger partial charge in [-0.3, -0.25) is 0 Å². The van der Waals surface area contributed by atoms with Gasteiger partial charge in [-0.1, -0.05) is 0 Å². The summed E-state index contributed by atoms with van der Waals surface area (Å²) >= 11 is 3.61. The van der Waals surface area contributed by atoms with E-state index in [-0.39, 0.29) is 0 Å². The quantitative estimate of drug-likeness (QED) is 0.786. The number of aryl methyl sites for hydroxylation is 3. The molecule has 1 aliphatic carbocycles. The minimum atomic E-state index is 0.868. The van der Waals surface area contributed by atoms with Crippen LogP contribution in [0.4, 0.5) is 5.82 Å². The van der Waals surface area contributed by atoms with E-state index in [4.69, 9.17) is 4.98 Å². The Bertz CT molecular complexity index is 782. The highest BCUT2D eigenvalue weighted by atomic mass is 32.1. The van der Waals surface area contributed by atoms with Crippen LogP contribution in [0.5, 0.6) is 0 Å². The Balaban J connectivity index is 1.45. The number of thiazole rings is 1. The molecule has 114 valence electrons. The Morgan fingerprint density at radius 1 is 1.18 bits per heavy atom. The van der Waals surface area contributed by atoms with Crippen LogP contribution in [0, 0.1) is 6.92 Å². The summed E-state index contributed by atoms with van der Waals surface area (Å²) in [7, 11) is 0. The molecule has 0 aromatic carbocycles. The largest absolute Gasteiger partial charge is 0.369 e. The van der Waals surface area contributed by atoms with Crippen LogP contribution >= 0.6 is 22.7 Å². The lowest BCUT2D eigenvalue weighted by molar-refractivity contribution is 0.680. The van der Waals surface area contributed by atoms with Crippen molar-refractivity contribution in [3.63, 3.8) is 0 Å². The van der Waals surface area contributed by atoms with Gasteiger partial charge in [-0.05, 0) is 38.7 Å². The van der Waals surface area contributed by atoms with E-state index in [1.165, 1.54) is 46.1 Å². The third-order valence-electron chi connectivity index (χ3n) is 3.97. The van der Waals surface area contributed by atoms with E-state index in [9.17, 15) is 0 Å². The minimum absolute atomic E-state index is 0.868. The van der Waals surface area contributed by atoms with Gasteiger partial charge < -0.3 is 5.32 Å². The number of anilines is 1. The first kappa shape index (κ1) is 14.1. The van der Waals surface area contributed by atoms with Crippen LogP contribution in [0.1, 0.15) is 33.3 Å². The van der Waals surface area contributed by atoms with Crippen molar-refractivity contribution in [1.29, 1.82) is 0 Å². The first-order valence-corrected chi connectivity index (χ1v) is 9.35. The summed E-state index contributed by atoms with van der Waals surface area (Å²) in [5.41, 5.74) is 1.35. The molecule has 0 bridgehead atoms. The molecule has 0 aliphatic heterocycles. The summed E-state index contributed by atoms with van der Waals surface area (Å²) in [5.74, 6) is 0.940. The van der Waals surface area contributed by atoms with Crippen LogP contribution in [-0.4, -0.2) is 21.5 Å². The van der Waals surface area contributed by atoms with Crippen molar-refractivity contribution in [3.05, 3.63) is 32.8 Å². The summed E-state index contributed by atoms with van der Waals surface area (Å²) in [6, 6.07) is 2.16. The highest BCUT2D eigenvalue weighted by molar-refractivity contribution is 7.18. The molecule has 0 amide bonds. The molecule has 0 saturated heterocycles. The monoisotopic (exact) mass is 330 g/mol. The number of nitrogens with zero attached hydrogens (tertiary/aromatic N) is 3. The highest BCUT2D eigenvalue weighted by Crippen LogP contribution is 2.28. The van der Waals surface area contributed by atoms with Gasteiger partial charge in [-0.15, -0.1) is 22.7 Å². The number of fused-ring (bicyclic) bond motifs is 2. The third kappa shape index (κ3) is 2.73. The van der Waals surface area contributed by atoms with Gasteiger partial charge in [-0.2, -0.15) is 0 Å². The lowest BCUT2D eigenvalue weighted by atomic mass is 10.0. The van der Waals surface area contributed by atoms with E-state index in [0.717, 1.165) is 29.0 Å². The molecule has 1 aliphatic rings. The fourth-order valence-electron chi connectivity index (χ4n) is 2.92. The van der Waals surface area contributed by atoms with Crippen LogP contribution in [0.2, 0.25) is 0 Å². The molecule has 4 rings (SSSR count). The zero-order chi connectivity index (χ0) is 14.9. The molecule has 22 heavy (non-hydrogen) atoms. The predicted molar refractivity (Wildman–Crippen MR) is 93.1 cm³/mol. The molecular formula is C16H18N4S2. The van der Waals surface area contributed by atoms with Gasteiger partial charge in [0.05, 0.1) is 16.1 Å². The first-order valence-electron chi connectivity index (χ1n) is 7.72. The van der Waals surface area contributed by atoms with E-state index >= 15 is 0 Å². The maximum Gasteiger partial charge on any atom is 0.138 e. The molecule has 0 fully saturated rings. The van der Waals surface area contributed by atoms with Crippen LogP contribution in [0.15, 0.2) is 12.4 Å². The normalized spacial score (nSPS) is 14.2. The molecule has 3 aromatic rings. The number of hydrogen-bond donors (Lipinski definition) is 1. The van der Waals surface area contributed by atoms with E-state index in [1.807, 2.05) is 11.3 Å². The van der Waals surface area contributed by atoms with Gasteiger partial charge in [0.1, 0.15) is 17.0 Å². The molecular weight excluding hydrogens is 312 g/mol. The summed E-state index contributed by atoms with van der Waals surface area (Å²) in [6.07, 6.45) is 7.62. The van der Waals surface area contributed by atoms with Crippen molar-refractivity contribution in [2.75, 3.05) is 11.9 Å². The Labute approximate surface area is 137 Å². The molecule has 0 radical (unpaired) electrons. The fourth-order valence-corrected chi connectivity index (χ4v) is 4.92. The number of aromatic nitrogens is 3. The number of rotatable bonds is 4. The highest BCUT2D eigenvalue weighted by Gasteiger charge is 2.15. The minimum Gasteiger partial charge on any atom is -0.369 e. The van der Waals surface area contributed by atoms with Crippen LogP contribution in [-0.2, 0) is 19.3 Å². The zero-order valence-electron chi connectivity index (χ0n) is 12.6. The second-order valence-electron chi connectivity index (χ2n) is 5.66. The molecule has 4 nitrogen and oxygen atoms in total. The van der Waals surface area contributed by atoms with Crippen LogP contribution < -0.4 is 5.32 Å². The Morgan fingerprint density at radius 2 is 2.09 bits per heavy atom. The Hall–Kier alpha value is -1.53. The second-order valence-corrected chi connectivity index (χ2v) is 8.06. The van der Waals surface area contributed by atoms with Crippen molar-refractivity contribution in [3.8, 4) is 0 Å². The van der Waals surface area contributed by atoms with Gasteiger partial charge in [0.15, 0.2) is 0 Å². The maximum absolute atomic E-state index is 4.80. The molecule has 6 heteroatoms. The third-order valence-corrected chi connectivity index (χ3v) is 6.15. The Morgan fingerprint density at radius 3 is 3.00 bits per heavy atom. The summed E-state index contributed by atoms with van der Waals surface area (Å²) < 4.78 is 0. The molecule has 0 spiro atoms. The summed E-state index contributed by atoms with van der Waals surface area (Å²) in [5, 5.41) is 5.84. The Kier molecular flexibility index (Phi) is 3.80. The average molecular weight is 330 g/mol. The first-order chi connectivity index (χ1) is 10.8. The van der Waals surface area contributed by atoms with Crippen LogP contribution in [0.25, 0.3) is 10.2 Å².